The average molecular weight is 855 g/mol. The number of hydrogen-bond donors (Lipinski definition) is 0. The molecule has 0 spiro atoms. The summed E-state index contributed by atoms with van der Waals surface area (Å²) < 4.78 is 0. The van der Waals surface area contributed by atoms with Gasteiger partial charge in [-0.05, 0) is 120 Å². The second-order valence-corrected chi connectivity index (χ2v) is 18.2. The molecule has 0 saturated heterocycles. The van der Waals surface area contributed by atoms with Crippen LogP contribution in [0.15, 0.2) is 242 Å². The van der Waals surface area contributed by atoms with E-state index in [4.69, 9.17) is 9.97 Å². The lowest BCUT2D eigenvalue weighted by atomic mass is 9.65. The van der Waals surface area contributed by atoms with Crippen LogP contribution in [0.1, 0.15) is 53.1 Å². The number of nitrogens with zero attached hydrogens (tertiary/aromatic N) is 2. The van der Waals surface area contributed by atoms with Crippen LogP contribution in [0, 0.1) is 0 Å². The van der Waals surface area contributed by atoms with Gasteiger partial charge in [-0.2, -0.15) is 0 Å². The summed E-state index contributed by atoms with van der Waals surface area (Å²) in [5, 5.41) is 7.60. The molecule has 9 aromatic carbocycles. The van der Waals surface area contributed by atoms with Crippen LogP contribution in [0.2, 0.25) is 0 Å². The fourth-order valence-corrected chi connectivity index (χ4v) is 11.5. The molecule has 13 rings (SSSR count). The van der Waals surface area contributed by atoms with Crippen LogP contribution < -0.4 is 0 Å². The molecular formula is C65H46N2. The molecular weight excluding hydrogens is 809 g/mol. The van der Waals surface area contributed by atoms with E-state index in [1.807, 2.05) is 6.07 Å². The third-order valence-electron chi connectivity index (χ3n) is 14.5. The van der Waals surface area contributed by atoms with E-state index in [1.165, 1.54) is 88.0 Å². The Morgan fingerprint density at radius 1 is 0.463 bits per heavy atom. The molecule has 2 nitrogen and oxygen atoms in total. The topological polar surface area (TPSA) is 25.8 Å². The van der Waals surface area contributed by atoms with E-state index in [9.17, 15) is 0 Å². The molecule has 0 amide bonds. The van der Waals surface area contributed by atoms with Gasteiger partial charge in [-0.1, -0.05) is 224 Å². The first kappa shape index (κ1) is 39.2. The van der Waals surface area contributed by atoms with Crippen LogP contribution in [0.3, 0.4) is 0 Å². The lowest BCUT2D eigenvalue weighted by Gasteiger charge is -2.37. The number of hydrogen-bond acceptors (Lipinski definition) is 2. The van der Waals surface area contributed by atoms with Gasteiger partial charge in [0.05, 0.1) is 16.8 Å². The third-order valence-corrected chi connectivity index (χ3v) is 14.5. The minimum absolute atomic E-state index is 0.0795. The van der Waals surface area contributed by atoms with Gasteiger partial charge in [-0.25, -0.2) is 9.97 Å². The number of benzene rings is 9. The minimum Gasteiger partial charge on any atom is -0.232 e. The van der Waals surface area contributed by atoms with Crippen molar-refractivity contribution in [2.45, 2.75) is 30.6 Å². The highest BCUT2D eigenvalue weighted by Gasteiger charge is 2.47. The van der Waals surface area contributed by atoms with Crippen LogP contribution in [0.4, 0.5) is 0 Å². The highest BCUT2D eigenvalue weighted by Crippen LogP contribution is 2.58. The highest BCUT2D eigenvalue weighted by atomic mass is 14.9. The quantitative estimate of drug-likeness (QED) is 0.149. The third kappa shape index (κ3) is 6.39. The fraction of sp³-hybridized carbons (Fsp3) is 0.0769. The van der Waals surface area contributed by atoms with Crippen molar-refractivity contribution in [1.82, 2.24) is 9.97 Å². The molecule has 2 atom stereocenters. The molecule has 2 heteroatoms. The van der Waals surface area contributed by atoms with Gasteiger partial charge in [-0.3, -0.25) is 0 Å². The van der Waals surface area contributed by atoms with Crippen molar-refractivity contribution in [2.75, 3.05) is 0 Å². The number of allylic oxidation sites excluding steroid dienone is 8. The lowest BCUT2D eigenvalue weighted by molar-refractivity contribution is 0.693. The molecule has 2 unspecified atom stereocenters. The molecule has 1 aromatic heterocycles. The zero-order valence-electron chi connectivity index (χ0n) is 37.1. The molecule has 3 aliphatic rings. The molecule has 0 saturated carbocycles. The molecule has 0 fully saturated rings. The van der Waals surface area contributed by atoms with Gasteiger partial charge in [0, 0.05) is 17.0 Å². The van der Waals surface area contributed by atoms with E-state index in [0.29, 0.717) is 0 Å². The van der Waals surface area contributed by atoms with Crippen molar-refractivity contribution < 1.29 is 0 Å². The standard InChI is InChI=1S/C65H46N2/c1-5-19-43(20-6-1)61-42-62(67-64(66-61)44-21-7-2-8-22-44)48-24-17-23-47(39-48)51-32-18-33-56-52-29-13-14-30-53(52)58-40-45(36-38-57(58)63(51)56)46-35-37-55-54-31-15-16-34-59(54)65(60(55)41-46,49-25-9-3-10-26-49)50-27-11-4-12-28-50/h1-11,13-23,25-27,29-42,48H,12,24,28H2. The summed E-state index contributed by atoms with van der Waals surface area (Å²) >= 11 is 0. The normalized spacial score (nSPS) is 17.3. The molecule has 316 valence electrons. The first-order valence-corrected chi connectivity index (χ1v) is 23.6. The van der Waals surface area contributed by atoms with E-state index in [1.54, 1.807) is 0 Å². The van der Waals surface area contributed by atoms with Crippen LogP contribution in [0.5, 0.6) is 0 Å². The van der Waals surface area contributed by atoms with Crippen molar-refractivity contribution in [2.24, 2.45) is 0 Å². The van der Waals surface area contributed by atoms with E-state index in [-0.39, 0.29) is 11.3 Å². The monoisotopic (exact) mass is 854 g/mol. The summed E-state index contributed by atoms with van der Waals surface area (Å²) in [6.45, 7) is 0. The van der Waals surface area contributed by atoms with E-state index in [0.717, 1.165) is 47.6 Å². The first-order valence-electron chi connectivity index (χ1n) is 23.6. The van der Waals surface area contributed by atoms with Crippen LogP contribution >= 0.6 is 0 Å². The van der Waals surface area contributed by atoms with Crippen LogP contribution in [-0.4, -0.2) is 9.97 Å². The maximum atomic E-state index is 5.26. The maximum absolute atomic E-state index is 5.26. The van der Waals surface area contributed by atoms with E-state index < -0.39 is 0 Å². The van der Waals surface area contributed by atoms with E-state index in [2.05, 4.69) is 231 Å². The Kier molecular flexibility index (Phi) is 9.39. The molecule has 67 heavy (non-hydrogen) atoms. The predicted molar refractivity (Wildman–Crippen MR) is 280 cm³/mol. The first-order chi connectivity index (χ1) is 33.2. The van der Waals surface area contributed by atoms with Gasteiger partial charge in [0.1, 0.15) is 0 Å². The van der Waals surface area contributed by atoms with Crippen molar-refractivity contribution in [1.29, 1.82) is 0 Å². The lowest BCUT2D eigenvalue weighted by Crippen LogP contribution is -2.30. The maximum Gasteiger partial charge on any atom is 0.160 e. The summed E-state index contributed by atoms with van der Waals surface area (Å²) in [5.41, 5.74) is 16.8. The Morgan fingerprint density at radius 3 is 1.93 bits per heavy atom. The SMILES string of the molecule is C1=CCCC(C2(c3ccccc3)c3ccccc3-c3ccc(-c4ccc5c(c4)c4ccccc4c4cccc(C6=CC(c7cc(-c8ccccc8)nc(-c8ccccc8)n7)CC=C6)c45)cc32)=C1. The number of aromatic nitrogens is 2. The molecule has 3 aliphatic carbocycles. The van der Waals surface area contributed by atoms with Gasteiger partial charge in [0.25, 0.3) is 0 Å². The van der Waals surface area contributed by atoms with Crippen molar-refractivity contribution in [3.8, 4) is 44.9 Å². The molecule has 10 aromatic rings. The Bertz CT molecular complexity index is 3650. The second kappa shape index (κ2) is 16.0. The fourth-order valence-electron chi connectivity index (χ4n) is 11.5. The predicted octanol–water partition coefficient (Wildman–Crippen LogP) is 16.7. The van der Waals surface area contributed by atoms with Crippen molar-refractivity contribution in [3.05, 3.63) is 270 Å². The van der Waals surface area contributed by atoms with Gasteiger partial charge in [0.15, 0.2) is 5.82 Å². The largest absolute Gasteiger partial charge is 0.232 e. The Hall–Kier alpha value is -8.20. The Labute approximate surface area is 391 Å². The number of fused-ring (bicyclic) bond motifs is 9. The average Bonchev–Trinajstić information content (AvgIpc) is 3.72. The number of rotatable bonds is 7. The molecule has 0 bridgehead atoms. The van der Waals surface area contributed by atoms with Gasteiger partial charge >= 0.3 is 0 Å². The van der Waals surface area contributed by atoms with Gasteiger partial charge in [-0.15, -0.1) is 0 Å². The Balaban J connectivity index is 0.974. The zero-order chi connectivity index (χ0) is 44.3. The zero-order valence-corrected chi connectivity index (χ0v) is 37.1. The second-order valence-electron chi connectivity index (χ2n) is 18.2. The summed E-state index contributed by atoms with van der Waals surface area (Å²) in [6.07, 6.45) is 17.0. The summed E-state index contributed by atoms with van der Waals surface area (Å²) in [4.78, 5) is 10.4. The molecule has 1 heterocycles. The van der Waals surface area contributed by atoms with E-state index >= 15 is 0 Å². The summed E-state index contributed by atoms with van der Waals surface area (Å²) in [7, 11) is 0. The van der Waals surface area contributed by atoms with Crippen LogP contribution in [0.25, 0.3) is 82.8 Å². The minimum atomic E-state index is -0.375. The smallest absolute Gasteiger partial charge is 0.160 e. The highest BCUT2D eigenvalue weighted by molar-refractivity contribution is 6.28. The van der Waals surface area contributed by atoms with Crippen LogP contribution in [-0.2, 0) is 5.41 Å². The van der Waals surface area contributed by atoms with Gasteiger partial charge in [0.2, 0.25) is 0 Å². The van der Waals surface area contributed by atoms with Crippen molar-refractivity contribution >= 4 is 37.9 Å². The molecule has 0 aliphatic heterocycles. The van der Waals surface area contributed by atoms with Gasteiger partial charge < -0.3 is 0 Å². The Morgan fingerprint density at radius 2 is 1.12 bits per heavy atom. The molecule has 0 radical (unpaired) electrons. The summed E-state index contributed by atoms with van der Waals surface area (Å²) in [6, 6.07) is 73.6. The summed E-state index contributed by atoms with van der Waals surface area (Å²) in [5.74, 6) is 0.831. The molecule has 0 N–H and O–H groups in total. The van der Waals surface area contributed by atoms with Crippen molar-refractivity contribution in [3.63, 3.8) is 0 Å².